The summed E-state index contributed by atoms with van der Waals surface area (Å²) in [5.41, 5.74) is 1.60. The standard InChI is InChI=1S/C20H13F3N4O3/c21-16-10-24-7-5-15(16)19(28)25-13-1-3-14(4-2-13)27-18(30-20(22)23)9-17(26-27)12-6-8-29-11-12/h1-11,20H,(H,25,28). The number of rotatable bonds is 6. The summed E-state index contributed by atoms with van der Waals surface area (Å²) in [6, 6.07) is 10.4. The largest absolute Gasteiger partial charge is 0.472 e. The van der Waals surface area contributed by atoms with Gasteiger partial charge in [0.05, 0.1) is 35.7 Å². The number of amides is 1. The number of anilines is 1. The average Bonchev–Trinajstić information content (AvgIpc) is 3.38. The Labute approximate surface area is 167 Å². The van der Waals surface area contributed by atoms with Gasteiger partial charge in [-0.2, -0.15) is 13.9 Å². The second-order valence-corrected chi connectivity index (χ2v) is 6.03. The number of aromatic nitrogens is 3. The van der Waals surface area contributed by atoms with Crippen molar-refractivity contribution >= 4 is 11.6 Å². The maximum atomic E-state index is 13.7. The Morgan fingerprint density at radius 2 is 1.97 bits per heavy atom. The number of nitrogens with zero attached hydrogens (tertiary/aromatic N) is 3. The van der Waals surface area contributed by atoms with E-state index in [9.17, 15) is 18.0 Å². The van der Waals surface area contributed by atoms with Gasteiger partial charge in [0, 0.05) is 23.5 Å². The first-order chi connectivity index (χ1) is 14.5. The van der Waals surface area contributed by atoms with Crippen molar-refractivity contribution in [3.05, 3.63) is 78.8 Å². The van der Waals surface area contributed by atoms with Gasteiger partial charge in [0.1, 0.15) is 0 Å². The van der Waals surface area contributed by atoms with E-state index in [0.717, 1.165) is 6.20 Å². The molecule has 0 fully saturated rings. The van der Waals surface area contributed by atoms with Gasteiger partial charge in [-0.1, -0.05) is 0 Å². The van der Waals surface area contributed by atoms with Crippen molar-refractivity contribution in [3.8, 4) is 22.8 Å². The lowest BCUT2D eigenvalue weighted by Gasteiger charge is -2.10. The minimum Gasteiger partial charge on any atom is -0.472 e. The predicted molar refractivity (Wildman–Crippen MR) is 100 cm³/mol. The summed E-state index contributed by atoms with van der Waals surface area (Å²) in [6.07, 6.45) is 5.11. The summed E-state index contributed by atoms with van der Waals surface area (Å²) in [6.45, 7) is -3.04. The number of hydrogen-bond donors (Lipinski definition) is 1. The Bertz CT molecular complexity index is 1160. The molecule has 0 unspecified atom stereocenters. The van der Waals surface area contributed by atoms with Crippen LogP contribution in [0.3, 0.4) is 0 Å². The smallest absolute Gasteiger partial charge is 0.388 e. The highest BCUT2D eigenvalue weighted by Crippen LogP contribution is 2.28. The third-order valence-electron chi connectivity index (χ3n) is 4.09. The van der Waals surface area contributed by atoms with Crippen molar-refractivity contribution in [1.82, 2.24) is 14.8 Å². The Balaban J connectivity index is 1.59. The highest BCUT2D eigenvalue weighted by atomic mass is 19.3. The zero-order chi connectivity index (χ0) is 21.1. The summed E-state index contributed by atoms with van der Waals surface area (Å²) >= 11 is 0. The lowest BCUT2D eigenvalue weighted by molar-refractivity contribution is -0.0544. The molecule has 1 N–H and O–H groups in total. The van der Waals surface area contributed by atoms with Crippen molar-refractivity contribution < 1.29 is 27.1 Å². The van der Waals surface area contributed by atoms with Crippen molar-refractivity contribution in [1.29, 1.82) is 0 Å². The molecular weight excluding hydrogens is 401 g/mol. The van der Waals surface area contributed by atoms with Gasteiger partial charge in [0.2, 0.25) is 5.88 Å². The molecule has 10 heteroatoms. The van der Waals surface area contributed by atoms with Crippen LogP contribution in [0.1, 0.15) is 10.4 Å². The van der Waals surface area contributed by atoms with Crippen molar-refractivity contribution in [2.24, 2.45) is 0 Å². The van der Waals surface area contributed by atoms with Crippen LogP contribution in [0, 0.1) is 5.82 Å². The monoisotopic (exact) mass is 414 g/mol. The molecule has 0 radical (unpaired) electrons. The van der Waals surface area contributed by atoms with E-state index in [0.29, 0.717) is 22.6 Å². The summed E-state index contributed by atoms with van der Waals surface area (Å²) in [5.74, 6) is -1.56. The summed E-state index contributed by atoms with van der Waals surface area (Å²) in [4.78, 5) is 15.8. The molecule has 0 aliphatic rings. The van der Waals surface area contributed by atoms with Gasteiger partial charge < -0.3 is 14.5 Å². The molecule has 0 bridgehead atoms. The maximum Gasteiger partial charge on any atom is 0.388 e. The van der Waals surface area contributed by atoms with Crippen LogP contribution < -0.4 is 10.1 Å². The van der Waals surface area contributed by atoms with Crippen molar-refractivity contribution in [3.63, 3.8) is 0 Å². The van der Waals surface area contributed by atoms with Gasteiger partial charge in [-0.3, -0.25) is 9.78 Å². The van der Waals surface area contributed by atoms with Crippen LogP contribution in [0.5, 0.6) is 5.88 Å². The molecule has 4 aromatic rings. The van der Waals surface area contributed by atoms with Crippen LogP contribution in [-0.4, -0.2) is 27.3 Å². The number of benzene rings is 1. The summed E-state index contributed by atoms with van der Waals surface area (Å²) in [5, 5.41) is 6.83. The van der Waals surface area contributed by atoms with Crippen LogP contribution in [0.15, 0.2) is 71.8 Å². The first-order valence-corrected chi connectivity index (χ1v) is 8.60. The molecule has 0 aliphatic heterocycles. The van der Waals surface area contributed by atoms with E-state index in [-0.39, 0.29) is 11.4 Å². The number of ether oxygens (including phenoxy) is 1. The van der Waals surface area contributed by atoms with Crippen molar-refractivity contribution in [2.75, 3.05) is 5.32 Å². The molecule has 30 heavy (non-hydrogen) atoms. The summed E-state index contributed by atoms with van der Waals surface area (Å²) < 4.78 is 50.0. The molecule has 152 valence electrons. The molecule has 0 saturated carbocycles. The van der Waals surface area contributed by atoms with Gasteiger partial charge in [0.25, 0.3) is 5.91 Å². The number of hydrogen-bond acceptors (Lipinski definition) is 5. The van der Waals surface area contributed by atoms with Gasteiger partial charge in [0.15, 0.2) is 5.82 Å². The van der Waals surface area contributed by atoms with Gasteiger partial charge in [-0.15, -0.1) is 0 Å². The number of furan rings is 1. The minimum atomic E-state index is -3.04. The molecule has 3 aromatic heterocycles. The van der Waals surface area contributed by atoms with Crippen LogP contribution in [0.2, 0.25) is 0 Å². The van der Waals surface area contributed by atoms with E-state index >= 15 is 0 Å². The van der Waals surface area contributed by atoms with Crippen LogP contribution in [0.25, 0.3) is 16.9 Å². The summed E-state index contributed by atoms with van der Waals surface area (Å²) in [7, 11) is 0. The van der Waals surface area contributed by atoms with Gasteiger partial charge >= 0.3 is 6.61 Å². The van der Waals surface area contributed by atoms with E-state index in [1.165, 1.54) is 47.7 Å². The number of nitrogens with one attached hydrogen (secondary N) is 1. The Hall–Kier alpha value is -4.08. The molecule has 0 atom stereocenters. The van der Waals surface area contributed by atoms with E-state index in [4.69, 9.17) is 4.42 Å². The van der Waals surface area contributed by atoms with Gasteiger partial charge in [-0.25, -0.2) is 9.07 Å². The molecule has 0 aliphatic carbocycles. The fourth-order valence-electron chi connectivity index (χ4n) is 2.72. The molecule has 4 rings (SSSR count). The maximum absolute atomic E-state index is 13.7. The first kappa shape index (κ1) is 19.2. The molecular formula is C20H13F3N4O3. The molecule has 7 nitrogen and oxygen atoms in total. The van der Waals surface area contributed by atoms with E-state index in [1.807, 2.05) is 0 Å². The fourth-order valence-corrected chi connectivity index (χ4v) is 2.72. The number of carbonyl (C=O) groups excluding carboxylic acids is 1. The van der Waals surface area contributed by atoms with Crippen molar-refractivity contribution in [2.45, 2.75) is 6.61 Å². The topological polar surface area (TPSA) is 82.2 Å². The third-order valence-corrected chi connectivity index (χ3v) is 4.09. The normalized spacial score (nSPS) is 10.9. The zero-order valence-electron chi connectivity index (χ0n) is 15.1. The molecule has 0 spiro atoms. The Morgan fingerprint density at radius 3 is 2.63 bits per heavy atom. The number of alkyl halides is 2. The second-order valence-electron chi connectivity index (χ2n) is 6.03. The average molecular weight is 414 g/mol. The molecule has 1 aromatic carbocycles. The quantitative estimate of drug-likeness (QED) is 0.502. The minimum absolute atomic E-state index is 0.154. The van der Waals surface area contributed by atoms with Gasteiger partial charge in [-0.05, 0) is 36.4 Å². The molecule has 0 saturated heterocycles. The Kier molecular flexibility index (Phi) is 5.21. The SMILES string of the molecule is O=C(Nc1ccc(-n2nc(-c3ccoc3)cc2OC(F)F)cc1)c1ccncc1F. The third kappa shape index (κ3) is 4.02. The lowest BCUT2D eigenvalue weighted by atomic mass is 10.2. The second kappa shape index (κ2) is 8.11. The lowest BCUT2D eigenvalue weighted by Crippen LogP contribution is -2.14. The molecule has 3 heterocycles. The fraction of sp³-hybridized carbons (Fsp3) is 0.0500. The molecule has 1 amide bonds. The number of pyridine rings is 1. The van der Waals surface area contributed by atoms with Crippen LogP contribution in [0.4, 0.5) is 18.9 Å². The highest BCUT2D eigenvalue weighted by Gasteiger charge is 2.17. The zero-order valence-corrected chi connectivity index (χ0v) is 15.1. The predicted octanol–water partition coefficient (Wildman–Crippen LogP) is 4.52. The van der Waals surface area contributed by atoms with Crippen LogP contribution >= 0.6 is 0 Å². The Morgan fingerprint density at radius 1 is 1.17 bits per heavy atom. The van der Waals surface area contributed by atoms with Crippen LogP contribution in [-0.2, 0) is 0 Å². The number of carbonyl (C=O) groups is 1. The highest BCUT2D eigenvalue weighted by molar-refractivity contribution is 6.04. The van der Waals surface area contributed by atoms with E-state index in [2.05, 4.69) is 20.1 Å². The van der Waals surface area contributed by atoms with E-state index in [1.54, 1.807) is 18.2 Å². The number of halogens is 3. The van der Waals surface area contributed by atoms with E-state index < -0.39 is 18.3 Å². The first-order valence-electron chi connectivity index (χ1n) is 8.60.